The molecule has 0 bridgehead atoms. The monoisotopic (exact) mass is 192 g/mol. The Bertz CT molecular complexity index is 319. The number of aromatic nitrogens is 1. The van der Waals surface area contributed by atoms with Crippen LogP contribution in [0.15, 0.2) is 18.5 Å². The van der Waals surface area contributed by atoms with Gasteiger partial charge in [0.15, 0.2) is 0 Å². The maximum atomic E-state index is 9.21. The Balaban J connectivity index is 2.39. The molecule has 1 aliphatic carbocycles. The highest BCUT2D eigenvalue weighted by Gasteiger charge is 2.32. The summed E-state index contributed by atoms with van der Waals surface area (Å²) in [4.78, 5) is 4.09. The Morgan fingerprint density at radius 1 is 1.43 bits per heavy atom. The van der Waals surface area contributed by atoms with Gasteiger partial charge in [0.1, 0.15) is 0 Å². The van der Waals surface area contributed by atoms with Crippen molar-refractivity contribution in [1.29, 1.82) is 0 Å². The minimum atomic E-state index is -0.244. The molecule has 0 aromatic carbocycles. The van der Waals surface area contributed by atoms with Gasteiger partial charge in [0.05, 0.1) is 6.61 Å². The Hall–Kier alpha value is -0.930. The molecule has 1 aromatic rings. The largest absolute Gasteiger partial charge is 0.392 e. The first-order chi connectivity index (χ1) is 6.76. The molecule has 76 valence electrons. The van der Waals surface area contributed by atoms with Crippen molar-refractivity contribution in [3.05, 3.63) is 29.6 Å². The van der Waals surface area contributed by atoms with Gasteiger partial charge in [-0.3, -0.25) is 4.98 Å². The van der Waals surface area contributed by atoms with Crippen LogP contribution in [0.5, 0.6) is 0 Å². The van der Waals surface area contributed by atoms with E-state index >= 15 is 0 Å². The summed E-state index contributed by atoms with van der Waals surface area (Å²) in [6, 6.07) is 1.85. The van der Waals surface area contributed by atoms with Crippen molar-refractivity contribution < 1.29 is 5.11 Å². The van der Waals surface area contributed by atoms with Crippen LogP contribution in [0.1, 0.15) is 36.8 Å². The van der Waals surface area contributed by atoms with Crippen molar-refractivity contribution in [3.63, 3.8) is 0 Å². The zero-order chi connectivity index (χ0) is 10.0. The number of nitrogens with two attached hydrogens (primary N) is 1. The number of hydrogen-bond donors (Lipinski definition) is 2. The zero-order valence-electron chi connectivity index (χ0n) is 8.24. The van der Waals surface area contributed by atoms with Crippen molar-refractivity contribution >= 4 is 0 Å². The van der Waals surface area contributed by atoms with Crippen LogP contribution < -0.4 is 5.73 Å². The van der Waals surface area contributed by atoms with Gasteiger partial charge in [0.25, 0.3) is 0 Å². The minimum absolute atomic E-state index is 0.0524. The highest BCUT2D eigenvalue weighted by molar-refractivity contribution is 5.30. The van der Waals surface area contributed by atoms with Crippen LogP contribution in [-0.2, 0) is 12.1 Å². The molecular weight excluding hydrogens is 176 g/mol. The van der Waals surface area contributed by atoms with Crippen LogP contribution in [-0.4, -0.2) is 10.1 Å². The molecule has 0 aliphatic heterocycles. The van der Waals surface area contributed by atoms with Gasteiger partial charge in [-0.25, -0.2) is 0 Å². The van der Waals surface area contributed by atoms with E-state index in [0.717, 1.165) is 24.0 Å². The third-order valence-electron chi connectivity index (χ3n) is 3.11. The highest BCUT2D eigenvalue weighted by Crippen LogP contribution is 2.37. The molecule has 1 saturated carbocycles. The summed E-state index contributed by atoms with van der Waals surface area (Å²) in [5, 5.41) is 9.21. The molecule has 0 saturated heterocycles. The van der Waals surface area contributed by atoms with Gasteiger partial charge in [0, 0.05) is 17.9 Å². The Kier molecular flexibility index (Phi) is 2.52. The van der Waals surface area contributed by atoms with Crippen molar-refractivity contribution in [2.75, 3.05) is 0 Å². The first kappa shape index (κ1) is 9.62. The standard InChI is InChI=1S/C11H16N2O/c12-11(4-1-2-5-11)10-7-13-6-3-9(10)8-14/h3,6-7,14H,1-2,4-5,8,12H2. The predicted octanol–water partition coefficient (Wildman–Crippen LogP) is 1.30. The summed E-state index contributed by atoms with van der Waals surface area (Å²) in [6.07, 6.45) is 7.87. The summed E-state index contributed by atoms with van der Waals surface area (Å²) >= 11 is 0. The maximum Gasteiger partial charge on any atom is 0.0686 e. The number of hydrogen-bond acceptors (Lipinski definition) is 3. The van der Waals surface area contributed by atoms with Crippen molar-refractivity contribution in [2.45, 2.75) is 37.8 Å². The molecule has 0 unspecified atom stereocenters. The van der Waals surface area contributed by atoms with Gasteiger partial charge in [-0.1, -0.05) is 12.8 Å². The predicted molar refractivity (Wildman–Crippen MR) is 54.5 cm³/mol. The molecule has 14 heavy (non-hydrogen) atoms. The van der Waals surface area contributed by atoms with E-state index in [4.69, 9.17) is 5.73 Å². The summed E-state index contributed by atoms with van der Waals surface area (Å²) in [5.74, 6) is 0. The number of aliphatic hydroxyl groups excluding tert-OH is 1. The Labute approximate surface area is 84.0 Å². The Morgan fingerprint density at radius 2 is 2.14 bits per heavy atom. The van der Waals surface area contributed by atoms with Crippen LogP contribution in [0.25, 0.3) is 0 Å². The molecule has 0 amide bonds. The first-order valence-electron chi connectivity index (χ1n) is 5.09. The zero-order valence-corrected chi connectivity index (χ0v) is 8.24. The molecule has 1 heterocycles. The first-order valence-corrected chi connectivity index (χ1v) is 5.09. The van der Waals surface area contributed by atoms with Crippen molar-refractivity contribution in [1.82, 2.24) is 4.98 Å². The van der Waals surface area contributed by atoms with E-state index < -0.39 is 0 Å². The molecule has 2 rings (SSSR count). The molecule has 1 aromatic heterocycles. The average molecular weight is 192 g/mol. The third kappa shape index (κ3) is 1.53. The van der Waals surface area contributed by atoms with Crippen LogP contribution in [0.4, 0.5) is 0 Å². The van der Waals surface area contributed by atoms with Crippen molar-refractivity contribution in [2.24, 2.45) is 5.73 Å². The lowest BCUT2D eigenvalue weighted by Gasteiger charge is -2.25. The second-order valence-electron chi connectivity index (χ2n) is 4.05. The van der Waals surface area contributed by atoms with Crippen molar-refractivity contribution in [3.8, 4) is 0 Å². The summed E-state index contributed by atoms with van der Waals surface area (Å²) in [7, 11) is 0. The topological polar surface area (TPSA) is 59.1 Å². The second-order valence-corrected chi connectivity index (χ2v) is 4.05. The lowest BCUT2D eigenvalue weighted by atomic mass is 9.87. The fourth-order valence-corrected chi connectivity index (χ4v) is 2.28. The second kappa shape index (κ2) is 3.67. The molecule has 3 nitrogen and oxygen atoms in total. The molecule has 0 spiro atoms. The number of aliphatic hydroxyl groups is 1. The average Bonchev–Trinajstić information content (AvgIpc) is 2.66. The fourth-order valence-electron chi connectivity index (χ4n) is 2.28. The lowest BCUT2D eigenvalue weighted by molar-refractivity contribution is 0.276. The third-order valence-corrected chi connectivity index (χ3v) is 3.11. The molecule has 0 radical (unpaired) electrons. The van der Waals surface area contributed by atoms with Gasteiger partial charge in [-0.2, -0.15) is 0 Å². The number of nitrogens with zero attached hydrogens (tertiary/aromatic N) is 1. The van der Waals surface area contributed by atoms with Gasteiger partial charge >= 0.3 is 0 Å². The fraction of sp³-hybridized carbons (Fsp3) is 0.545. The Morgan fingerprint density at radius 3 is 2.79 bits per heavy atom. The van der Waals surface area contributed by atoms with E-state index in [2.05, 4.69) is 4.98 Å². The molecule has 1 fully saturated rings. The maximum absolute atomic E-state index is 9.21. The quantitative estimate of drug-likeness (QED) is 0.742. The summed E-state index contributed by atoms with van der Waals surface area (Å²) in [6.45, 7) is 0.0524. The smallest absolute Gasteiger partial charge is 0.0686 e. The van der Waals surface area contributed by atoms with E-state index in [-0.39, 0.29) is 12.1 Å². The van der Waals surface area contributed by atoms with E-state index in [9.17, 15) is 5.11 Å². The molecule has 0 atom stereocenters. The highest BCUT2D eigenvalue weighted by atomic mass is 16.3. The molecule has 3 heteroatoms. The van der Waals surface area contributed by atoms with E-state index in [0.29, 0.717) is 0 Å². The van der Waals surface area contributed by atoms with Gasteiger partial charge in [0.2, 0.25) is 0 Å². The van der Waals surface area contributed by atoms with Gasteiger partial charge < -0.3 is 10.8 Å². The normalized spacial score (nSPS) is 19.9. The summed E-state index contributed by atoms with van der Waals surface area (Å²) in [5.41, 5.74) is 8.01. The lowest BCUT2D eigenvalue weighted by Crippen LogP contribution is -2.34. The van der Waals surface area contributed by atoms with E-state index in [1.165, 1.54) is 12.8 Å². The van der Waals surface area contributed by atoms with Crippen LogP contribution in [0, 0.1) is 0 Å². The molecule has 3 N–H and O–H groups in total. The summed E-state index contributed by atoms with van der Waals surface area (Å²) < 4.78 is 0. The SMILES string of the molecule is NC1(c2cnccc2CO)CCCC1. The van der Waals surface area contributed by atoms with Crippen LogP contribution in [0.2, 0.25) is 0 Å². The number of pyridine rings is 1. The van der Waals surface area contributed by atoms with E-state index in [1.54, 1.807) is 12.4 Å². The molecular formula is C11H16N2O. The van der Waals surface area contributed by atoms with Gasteiger partial charge in [-0.05, 0) is 30.0 Å². The number of rotatable bonds is 2. The van der Waals surface area contributed by atoms with Crippen LogP contribution >= 0.6 is 0 Å². The molecule has 1 aliphatic rings. The van der Waals surface area contributed by atoms with Crippen LogP contribution in [0.3, 0.4) is 0 Å². The van der Waals surface area contributed by atoms with Gasteiger partial charge in [-0.15, -0.1) is 0 Å². The minimum Gasteiger partial charge on any atom is -0.392 e. The van der Waals surface area contributed by atoms with E-state index in [1.807, 2.05) is 6.07 Å².